The molecule has 11 heteroatoms. The highest BCUT2D eigenvalue weighted by Gasteiger charge is 2.38. The first-order valence-electron chi connectivity index (χ1n) is 8.17. The summed E-state index contributed by atoms with van der Waals surface area (Å²) in [5, 5.41) is 6.35. The van der Waals surface area contributed by atoms with Gasteiger partial charge in [0.15, 0.2) is 0 Å². The van der Waals surface area contributed by atoms with Crippen molar-refractivity contribution >= 4 is 35.2 Å². The molecule has 0 bridgehead atoms. The van der Waals surface area contributed by atoms with Crippen LogP contribution in [0.25, 0.3) is 0 Å². The number of carbonyl (C=O) groups excluding carboxylic acids is 4. The lowest BCUT2D eigenvalue weighted by molar-refractivity contribution is -0.141. The molecule has 26 heavy (non-hydrogen) atoms. The number of nitrogens with two attached hydrogens (primary N) is 1. The largest absolute Gasteiger partial charge is 0.447 e. The Morgan fingerprint density at radius 1 is 1.46 bits per heavy atom. The number of amides is 4. The Kier molecular flexibility index (Phi) is 5.47. The predicted octanol–water partition coefficient (Wildman–Crippen LogP) is -1.24. The van der Waals surface area contributed by atoms with Crippen LogP contribution in [0.15, 0.2) is 10.9 Å². The molecule has 0 aliphatic carbocycles. The lowest BCUT2D eigenvalue weighted by atomic mass is 10.1. The number of alkyl carbamates (subject to hydrolysis) is 1. The quantitative estimate of drug-likeness (QED) is 0.541. The van der Waals surface area contributed by atoms with Gasteiger partial charge >= 0.3 is 6.09 Å². The maximum absolute atomic E-state index is 12.6. The highest BCUT2D eigenvalue weighted by atomic mass is 32.1. The van der Waals surface area contributed by atoms with Crippen LogP contribution in [0, 0.1) is 0 Å². The number of carbonyl (C=O) groups is 4. The second-order valence-corrected chi connectivity index (χ2v) is 6.85. The lowest BCUT2D eigenvalue weighted by Gasteiger charge is -2.26. The Morgan fingerprint density at radius 3 is 2.92 bits per heavy atom. The summed E-state index contributed by atoms with van der Waals surface area (Å²) in [6.45, 7) is 0.267. The van der Waals surface area contributed by atoms with Crippen LogP contribution in [-0.2, 0) is 25.5 Å². The molecular formula is C15H19N5O5S. The summed E-state index contributed by atoms with van der Waals surface area (Å²) in [4.78, 5) is 53.5. The molecule has 1 unspecified atom stereocenters. The molecule has 10 nitrogen and oxygen atoms in total. The van der Waals surface area contributed by atoms with Crippen LogP contribution >= 0.6 is 11.3 Å². The molecule has 4 amide bonds. The molecule has 0 radical (unpaired) electrons. The Labute approximate surface area is 153 Å². The average Bonchev–Trinajstić information content (AvgIpc) is 3.35. The van der Waals surface area contributed by atoms with Crippen molar-refractivity contribution in [1.29, 1.82) is 0 Å². The highest BCUT2D eigenvalue weighted by molar-refractivity contribution is 7.07. The molecule has 1 aromatic heterocycles. The number of ether oxygens (including phenoxy) is 1. The highest BCUT2D eigenvalue weighted by Crippen LogP contribution is 2.19. The van der Waals surface area contributed by atoms with Crippen LogP contribution in [0.5, 0.6) is 0 Å². The van der Waals surface area contributed by atoms with Crippen LogP contribution < -0.4 is 16.4 Å². The van der Waals surface area contributed by atoms with E-state index in [0.29, 0.717) is 19.4 Å². The van der Waals surface area contributed by atoms with Crippen LogP contribution in [0.3, 0.4) is 0 Å². The fourth-order valence-electron chi connectivity index (χ4n) is 2.98. The molecule has 3 rings (SSSR count). The van der Waals surface area contributed by atoms with Gasteiger partial charge in [0.05, 0.1) is 17.2 Å². The SMILES string of the molecule is N[C@@H](Cc1cscn1)C(=O)N1CCC[C@H]1C(=O)NC(=O)C1COC(=O)N1. The van der Waals surface area contributed by atoms with Crippen molar-refractivity contribution in [3.05, 3.63) is 16.6 Å². The number of aromatic nitrogens is 1. The summed E-state index contributed by atoms with van der Waals surface area (Å²) in [6.07, 6.45) is 0.674. The standard InChI is InChI=1S/C15H19N5O5S/c16-9(4-8-6-26-7-17-8)14(23)20-3-1-2-11(20)13(22)19-12(21)10-5-25-15(24)18-10/h6-7,9-11H,1-5,16H2,(H,18,24)(H,19,21,22)/t9-,10?,11-/m0/s1. The van der Waals surface area contributed by atoms with Crippen molar-refractivity contribution in [1.82, 2.24) is 20.5 Å². The van der Waals surface area contributed by atoms with Gasteiger partial charge in [-0.2, -0.15) is 0 Å². The van der Waals surface area contributed by atoms with E-state index < -0.39 is 36.0 Å². The van der Waals surface area contributed by atoms with E-state index in [4.69, 9.17) is 5.73 Å². The summed E-state index contributed by atoms with van der Waals surface area (Å²) >= 11 is 1.42. The topological polar surface area (TPSA) is 144 Å². The Balaban J connectivity index is 1.58. The molecule has 2 aliphatic rings. The predicted molar refractivity (Wildman–Crippen MR) is 89.9 cm³/mol. The molecule has 2 fully saturated rings. The average molecular weight is 381 g/mol. The molecule has 0 saturated carbocycles. The van der Waals surface area contributed by atoms with Gasteiger partial charge in [-0.1, -0.05) is 0 Å². The summed E-state index contributed by atoms with van der Waals surface area (Å²) in [5.74, 6) is -1.59. The number of hydrogen-bond donors (Lipinski definition) is 3. The molecule has 3 heterocycles. The number of hydrogen-bond acceptors (Lipinski definition) is 8. The summed E-state index contributed by atoms with van der Waals surface area (Å²) in [6, 6.07) is -2.47. The molecule has 140 valence electrons. The van der Waals surface area contributed by atoms with Crippen LogP contribution in [0.1, 0.15) is 18.5 Å². The molecule has 0 aromatic carbocycles. The van der Waals surface area contributed by atoms with Gasteiger partial charge in [-0.15, -0.1) is 11.3 Å². The normalized spacial score (nSPS) is 23.3. The first kappa shape index (κ1) is 18.3. The molecule has 0 spiro atoms. The van der Waals surface area contributed by atoms with Gasteiger partial charge in [-0.3, -0.25) is 19.7 Å². The minimum absolute atomic E-state index is 0.135. The smallest absolute Gasteiger partial charge is 0.407 e. The van der Waals surface area contributed by atoms with E-state index in [-0.39, 0.29) is 18.9 Å². The third-order valence-electron chi connectivity index (χ3n) is 4.30. The van der Waals surface area contributed by atoms with E-state index in [0.717, 1.165) is 5.69 Å². The minimum atomic E-state index is -0.913. The van der Waals surface area contributed by atoms with E-state index in [1.54, 1.807) is 5.51 Å². The van der Waals surface area contributed by atoms with E-state index in [9.17, 15) is 19.2 Å². The number of rotatable bonds is 5. The monoisotopic (exact) mass is 381 g/mol. The summed E-state index contributed by atoms with van der Waals surface area (Å²) in [5.41, 5.74) is 8.37. The van der Waals surface area contributed by atoms with Gasteiger partial charge in [0, 0.05) is 18.3 Å². The molecule has 4 N–H and O–H groups in total. The summed E-state index contributed by atoms with van der Waals surface area (Å²) in [7, 11) is 0. The van der Waals surface area contributed by atoms with E-state index in [1.807, 2.05) is 5.38 Å². The maximum atomic E-state index is 12.6. The maximum Gasteiger partial charge on any atom is 0.407 e. The lowest BCUT2D eigenvalue weighted by Crippen LogP contribution is -2.54. The van der Waals surface area contributed by atoms with Crippen LogP contribution in [0.4, 0.5) is 4.79 Å². The van der Waals surface area contributed by atoms with Gasteiger partial charge in [0.1, 0.15) is 18.7 Å². The van der Waals surface area contributed by atoms with Gasteiger partial charge in [-0.05, 0) is 12.8 Å². The summed E-state index contributed by atoms with van der Waals surface area (Å²) < 4.78 is 4.63. The van der Waals surface area contributed by atoms with E-state index in [1.165, 1.54) is 16.2 Å². The fraction of sp³-hybridized carbons (Fsp3) is 0.533. The van der Waals surface area contributed by atoms with Crippen molar-refractivity contribution in [2.24, 2.45) is 5.73 Å². The van der Waals surface area contributed by atoms with Gasteiger partial charge in [-0.25, -0.2) is 9.78 Å². The molecule has 1 aromatic rings. The number of thiazole rings is 1. The Hall–Kier alpha value is -2.53. The third kappa shape index (κ3) is 3.99. The second kappa shape index (κ2) is 7.79. The molecule has 2 aliphatic heterocycles. The van der Waals surface area contributed by atoms with E-state index in [2.05, 4.69) is 20.4 Å². The Morgan fingerprint density at radius 2 is 2.27 bits per heavy atom. The van der Waals surface area contributed by atoms with Crippen molar-refractivity contribution < 1.29 is 23.9 Å². The first-order valence-corrected chi connectivity index (χ1v) is 9.11. The molecular weight excluding hydrogens is 362 g/mol. The number of imide groups is 1. The van der Waals surface area contributed by atoms with Crippen LogP contribution in [0.2, 0.25) is 0 Å². The molecule has 3 atom stereocenters. The van der Waals surface area contributed by atoms with Crippen molar-refractivity contribution in [2.75, 3.05) is 13.2 Å². The number of nitrogens with zero attached hydrogens (tertiary/aromatic N) is 2. The van der Waals surface area contributed by atoms with Gasteiger partial charge in [0.25, 0.3) is 5.91 Å². The second-order valence-electron chi connectivity index (χ2n) is 6.13. The van der Waals surface area contributed by atoms with Crippen molar-refractivity contribution in [2.45, 2.75) is 37.4 Å². The number of nitrogens with one attached hydrogen (secondary N) is 2. The number of likely N-dealkylation sites (tertiary alicyclic amines) is 1. The minimum Gasteiger partial charge on any atom is -0.447 e. The zero-order chi connectivity index (χ0) is 18.7. The molecule has 2 saturated heterocycles. The fourth-order valence-corrected chi connectivity index (χ4v) is 3.56. The Bertz CT molecular complexity index is 709. The van der Waals surface area contributed by atoms with Gasteiger partial charge in [0.2, 0.25) is 11.8 Å². The zero-order valence-electron chi connectivity index (χ0n) is 13.8. The number of cyclic esters (lactones) is 1. The van der Waals surface area contributed by atoms with Crippen molar-refractivity contribution in [3.8, 4) is 0 Å². The third-order valence-corrected chi connectivity index (χ3v) is 4.94. The van der Waals surface area contributed by atoms with Crippen molar-refractivity contribution in [3.63, 3.8) is 0 Å². The van der Waals surface area contributed by atoms with Gasteiger partial charge < -0.3 is 20.7 Å². The first-order chi connectivity index (χ1) is 12.5. The zero-order valence-corrected chi connectivity index (χ0v) is 14.7. The van der Waals surface area contributed by atoms with E-state index >= 15 is 0 Å². The van der Waals surface area contributed by atoms with Crippen LogP contribution in [-0.4, -0.2) is 65.0 Å².